The molecule has 10 heteroatoms. The topological polar surface area (TPSA) is 58.9 Å². The van der Waals surface area contributed by atoms with Crippen LogP contribution in [-0.2, 0) is 10.3 Å². The lowest BCUT2D eigenvalue weighted by molar-refractivity contribution is -0.392. The van der Waals surface area contributed by atoms with Crippen molar-refractivity contribution in [2.45, 2.75) is 70.7 Å². The van der Waals surface area contributed by atoms with E-state index in [4.69, 9.17) is 4.74 Å². The quantitative estimate of drug-likeness (QED) is 0.562. The highest BCUT2D eigenvalue weighted by Gasteiger charge is 2.73. The third kappa shape index (κ3) is 5.55. The lowest BCUT2D eigenvalue weighted by Gasteiger charge is -2.38. The predicted octanol–water partition coefficient (Wildman–Crippen LogP) is 4.56. The van der Waals surface area contributed by atoms with Gasteiger partial charge in [0.2, 0.25) is 0 Å². The molecule has 0 bridgehead atoms. The van der Waals surface area contributed by atoms with Gasteiger partial charge < -0.3 is 19.7 Å². The van der Waals surface area contributed by atoms with Crippen molar-refractivity contribution in [3.05, 3.63) is 28.8 Å². The molecule has 0 aliphatic heterocycles. The van der Waals surface area contributed by atoms with E-state index in [1.54, 1.807) is 6.92 Å². The maximum atomic E-state index is 13.8. The highest BCUT2D eigenvalue weighted by molar-refractivity contribution is 5.46. The van der Waals surface area contributed by atoms with Crippen LogP contribution in [0, 0.1) is 13.8 Å². The van der Waals surface area contributed by atoms with Gasteiger partial charge in [-0.25, -0.2) is 0 Å². The number of hydrogen-bond acceptors (Lipinski definition) is 4. The molecule has 2 N–H and O–H groups in total. The fourth-order valence-corrected chi connectivity index (χ4v) is 2.75. The Morgan fingerprint density at radius 1 is 0.828 bits per heavy atom. The van der Waals surface area contributed by atoms with E-state index >= 15 is 0 Å². The summed E-state index contributed by atoms with van der Waals surface area (Å²) in [7, 11) is 0. The van der Waals surface area contributed by atoms with Gasteiger partial charge in [-0.05, 0) is 49.9 Å². The van der Waals surface area contributed by atoms with Gasteiger partial charge in [0.1, 0.15) is 12.4 Å². The van der Waals surface area contributed by atoms with Gasteiger partial charge in [0.25, 0.3) is 5.60 Å². The number of benzene rings is 1. The number of rotatable bonds is 9. The molecule has 0 spiro atoms. The lowest BCUT2D eigenvalue weighted by atomic mass is 9.88. The molecule has 2 atom stereocenters. The zero-order valence-electron chi connectivity index (χ0n) is 16.6. The molecule has 168 valence electrons. The van der Waals surface area contributed by atoms with E-state index in [9.17, 15) is 36.6 Å². The summed E-state index contributed by atoms with van der Waals surface area (Å²) >= 11 is 0. The first-order valence-corrected chi connectivity index (χ1v) is 9.09. The Morgan fingerprint density at radius 3 is 1.62 bits per heavy atom. The molecule has 0 saturated heterocycles. The Hall–Kier alpha value is -1.52. The van der Waals surface area contributed by atoms with Crippen LogP contribution in [-0.4, -0.2) is 48.0 Å². The van der Waals surface area contributed by atoms with E-state index in [0.29, 0.717) is 18.6 Å². The zero-order chi connectivity index (χ0) is 22.6. The van der Waals surface area contributed by atoms with Crippen molar-refractivity contribution in [2.24, 2.45) is 0 Å². The van der Waals surface area contributed by atoms with E-state index in [0.717, 1.165) is 0 Å². The molecular weight excluding hydrogens is 406 g/mol. The summed E-state index contributed by atoms with van der Waals surface area (Å²) in [4.78, 5) is 0. The maximum absolute atomic E-state index is 13.8. The average molecular weight is 432 g/mol. The molecule has 0 amide bonds. The molecule has 4 nitrogen and oxygen atoms in total. The molecule has 0 saturated carbocycles. The van der Waals surface area contributed by atoms with E-state index in [-0.39, 0.29) is 29.9 Å². The van der Waals surface area contributed by atoms with Crippen LogP contribution in [0.2, 0.25) is 0 Å². The van der Waals surface area contributed by atoms with Gasteiger partial charge in [0.05, 0.1) is 18.8 Å². The van der Waals surface area contributed by atoms with Crippen molar-refractivity contribution in [3.8, 4) is 5.75 Å². The van der Waals surface area contributed by atoms with Crippen molar-refractivity contribution in [3.63, 3.8) is 0 Å². The van der Waals surface area contributed by atoms with Crippen LogP contribution in [0.5, 0.6) is 5.75 Å². The lowest BCUT2D eigenvalue weighted by Crippen LogP contribution is -2.56. The summed E-state index contributed by atoms with van der Waals surface area (Å²) in [6.45, 7) is 4.42. The Kier molecular flexibility index (Phi) is 8.38. The van der Waals surface area contributed by atoms with Gasteiger partial charge in [-0.3, -0.25) is 0 Å². The number of halogens is 6. The van der Waals surface area contributed by atoms with Crippen LogP contribution in [0.15, 0.2) is 12.1 Å². The van der Waals surface area contributed by atoms with Crippen molar-refractivity contribution in [1.29, 1.82) is 0 Å². The molecule has 0 heterocycles. The smallest absolute Gasteiger partial charge is 0.430 e. The van der Waals surface area contributed by atoms with Crippen LogP contribution >= 0.6 is 0 Å². The second-order valence-corrected chi connectivity index (χ2v) is 6.86. The van der Waals surface area contributed by atoms with E-state index in [1.807, 2.05) is 0 Å². The van der Waals surface area contributed by atoms with E-state index in [1.165, 1.54) is 20.8 Å². The van der Waals surface area contributed by atoms with Crippen LogP contribution in [0.3, 0.4) is 0 Å². The summed E-state index contributed by atoms with van der Waals surface area (Å²) < 4.78 is 92.5. The standard InChI is InChI=1S/C19H26F6O4/c1-5-14(26)9-28-16-11(3)7-13(8-12(16)4)17(18(20,21)22,19(23,24)25)29-10-15(27)6-2/h7-8,14-15,26-27H,5-6,9-10H2,1-4H3. The number of ether oxygens (including phenoxy) is 2. The Morgan fingerprint density at radius 2 is 1.24 bits per heavy atom. The van der Waals surface area contributed by atoms with Crippen molar-refractivity contribution >= 4 is 0 Å². The molecule has 1 aromatic rings. The summed E-state index contributed by atoms with van der Waals surface area (Å²) in [5.74, 6) is 0.0908. The highest BCUT2D eigenvalue weighted by atomic mass is 19.4. The zero-order valence-corrected chi connectivity index (χ0v) is 16.6. The van der Waals surface area contributed by atoms with Crippen LogP contribution in [0.25, 0.3) is 0 Å². The molecule has 29 heavy (non-hydrogen) atoms. The minimum Gasteiger partial charge on any atom is -0.490 e. The van der Waals surface area contributed by atoms with Crippen LogP contribution in [0.1, 0.15) is 43.4 Å². The van der Waals surface area contributed by atoms with Crippen molar-refractivity contribution in [1.82, 2.24) is 0 Å². The van der Waals surface area contributed by atoms with Crippen LogP contribution in [0.4, 0.5) is 26.3 Å². The second kappa shape index (κ2) is 9.53. The molecule has 0 fully saturated rings. The maximum Gasteiger partial charge on any atom is 0.430 e. The molecule has 0 radical (unpaired) electrons. The highest BCUT2D eigenvalue weighted by Crippen LogP contribution is 2.53. The monoisotopic (exact) mass is 432 g/mol. The molecule has 0 aliphatic carbocycles. The summed E-state index contributed by atoms with van der Waals surface area (Å²) in [5, 5.41) is 19.1. The van der Waals surface area contributed by atoms with Gasteiger partial charge in [-0.2, -0.15) is 26.3 Å². The average Bonchev–Trinajstić information content (AvgIpc) is 2.58. The van der Waals surface area contributed by atoms with Gasteiger partial charge >= 0.3 is 12.4 Å². The largest absolute Gasteiger partial charge is 0.490 e. The number of aliphatic hydroxyl groups excluding tert-OH is 2. The van der Waals surface area contributed by atoms with E-state index < -0.39 is 42.3 Å². The minimum absolute atomic E-state index is 0.0285. The third-order valence-electron chi connectivity index (χ3n) is 4.52. The Labute approximate surface area is 165 Å². The van der Waals surface area contributed by atoms with Gasteiger partial charge in [-0.1, -0.05) is 13.8 Å². The summed E-state index contributed by atoms with van der Waals surface area (Å²) in [6, 6.07) is 1.42. The molecule has 2 unspecified atom stereocenters. The van der Waals surface area contributed by atoms with Gasteiger partial charge in [0.15, 0.2) is 0 Å². The van der Waals surface area contributed by atoms with Crippen molar-refractivity contribution in [2.75, 3.05) is 13.2 Å². The fraction of sp³-hybridized carbons (Fsp3) is 0.684. The fourth-order valence-electron chi connectivity index (χ4n) is 2.75. The third-order valence-corrected chi connectivity index (χ3v) is 4.52. The Bertz CT molecular complexity index is 635. The molecular formula is C19H26F6O4. The van der Waals surface area contributed by atoms with Crippen molar-refractivity contribution < 1.29 is 46.0 Å². The van der Waals surface area contributed by atoms with Crippen LogP contribution < -0.4 is 4.74 Å². The molecule has 1 rings (SSSR count). The second-order valence-electron chi connectivity index (χ2n) is 6.86. The number of hydrogen-bond donors (Lipinski definition) is 2. The minimum atomic E-state index is -5.83. The summed E-state index contributed by atoms with van der Waals surface area (Å²) in [6.07, 6.45) is -13.7. The SMILES string of the molecule is CCC(O)COc1c(C)cc(C(OCC(O)CC)(C(F)(F)F)C(F)(F)F)cc1C. The number of alkyl halides is 6. The predicted molar refractivity (Wildman–Crippen MR) is 93.7 cm³/mol. The molecule has 0 aliphatic rings. The van der Waals surface area contributed by atoms with E-state index in [2.05, 4.69) is 4.74 Å². The first kappa shape index (κ1) is 25.5. The first-order valence-electron chi connectivity index (χ1n) is 9.09. The Balaban J connectivity index is 3.53. The molecule has 0 aromatic heterocycles. The number of aliphatic hydroxyl groups is 2. The van der Waals surface area contributed by atoms with Gasteiger partial charge in [0, 0.05) is 5.56 Å². The summed E-state index contributed by atoms with van der Waals surface area (Å²) in [5.41, 5.74) is -5.70. The van der Waals surface area contributed by atoms with Gasteiger partial charge in [-0.15, -0.1) is 0 Å². The molecule has 1 aromatic carbocycles. The normalized spacial score (nSPS) is 15.3. The number of aryl methyl sites for hydroxylation is 2. The first-order chi connectivity index (χ1) is 13.2.